The quantitative estimate of drug-likeness (QED) is 0.264. The lowest BCUT2D eigenvalue weighted by Crippen LogP contribution is -2.44. The maximum Gasteiger partial charge on any atom is 0.416 e. The van der Waals surface area contributed by atoms with E-state index in [0.717, 1.165) is 31.2 Å². The van der Waals surface area contributed by atoms with Crippen molar-refractivity contribution in [3.63, 3.8) is 0 Å². The summed E-state index contributed by atoms with van der Waals surface area (Å²) in [5.74, 6) is -1.53. The molecule has 45 heavy (non-hydrogen) atoms. The molecule has 2 aliphatic rings. The third kappa shape index (κ3) is 5.42. The first-order valence-corrected chi connectivity index (χ1v) is 14.5. The van der Waals surface area contributed by atoms with Gasteiger partial charge in [-0.1, -0.05) is 13.8 Å². The fourth-order valence-electron chi connectivity index (χ4n) is 6.49. The fourth-order valence-corrected chi connectivity index (χ4v) is 6.49. The second kappa shape index (κ2) is 11.0. The molecule has 2 atom stereocenters. The number of alkyl halides is 3. The van der Waals surface area contributed by atoms with Crippen LogP contribution in [0.1, 0.15) is 67.7 Å². The summed E-state index contributed by atoms with van der Waals surface area (Å²) in [7, 11) is 0. The van der Waals surface area contributed by atoms with E-state index in [2.05, 4.69) is 29.1 Å². The highest BCUT2D eigenvalue weighted by Gasteiger charge is 2.48. The van der Waals surface area contributed by atoms with Gasteiger partial charge in [-0.2, -0.15) is 13.2 Å². The Labute approximate surface area is 255 Å². The van der Waals surface area contributed by atoms with Crippen molar-refractivity contribution in [2.24, 2.45) is 5.41 Å². The Hall–Kier alpha value is -4.75. The van der Waals surface area contributed by atoms with Crippen molar-refractivity contribution in [3.05, 3.63) is 65.6 Å². The first-order valence-electron chi connectivity index (χ1n) is 14.5. The number of aromatic nitrogens is 4. The maximum atomic E-state index is 15.7. The standard InChI is InChI=1S/C31H31F4N7O3/c1-4-45-21-13-18(29(44)39-23-11-17(7-8-37-23)31(33,34)35)20(32)12-19(21)25-26-27(36)38-9-10-41(26)28(40-25)16-5-6-22-30(2,3)14-24(43)42(22)15-16/h7-13,16,22H,4-6,14-15H2,1-3H3,(H2,36,38)(H,37,39,44)/t16-,22+/m1/s1. The zero-order valence-electron chi connectivity index (χ0n) is 24.8. The van der Waals surface area contributed by atoms with Crippen LogP contribution in [0, 0.1) is 11.2 Å². The zero-order chi connectivity index (χ0) is 32.3. The predicted molar refractivity (Wildman–Crippen MR) is 157 cm³/mol. The van der Waals surface area contributed by atoms with Gasteiger partial charge in [-0.05, 0) is 49.4 Å². The molecule has 2 aliphatic heterocycles. The second-order valence-electron chi connectivity index (χ2n) is 12.0. The number of nitrogens with zero attached hydrogens (tertiary/aromatic N) is 5. The average molecular weight is 626 g/mol. The number of benzene rings is 1. The van der Waals surface area contributed by atoms with E-state index in [9.17, 15) is 22.8 Å². The zero-order valence-corrected chi connectivity index (χ0v) is 24.8. The normalized spacial score (nSPS) is 19.5. The van der Waals surface area contributed by atoms with Gasteiger partial charge in [0.05, 0.1) is 17.7 Å². The average Bonchev–Trinajstić information content (AvgIpc) is 3.48. The smallest absolute Gasteiger partial charge is 0.416 e. The molecule has 2 saturated heterocycles. The van der Waals surface area contributed by atoms with Crippen LogP contribution >= 0.6 is 0 Å². The molecule has 2 fully saturated rings. The molecule has 0 bridgehead atoms. The van der Waals surface area contributed by atoms with Crippen molar-refractivity contribution in [2.45, 2.75) is 58.2 Å². The van der Waals surface area contributed by atoms with Crippen LogP contribution in [0.3, 0.4) is 0 Å². The SMILES string of the molecule is CCOc1cc(C(=O)Nc2cc(C(F)(F)F)ccn2)c(F)cc1-c1nc([C@@H]2CC[C@@H]3N(C2)C(=O)CC3(C)C)n2ccnc(N)c12. The Morgan fingerprint density at radius 2 is 1.96 bits per heavy atom. The number of nitrogens with one attached hydrogen (secondary N) is 1. The number of pyridine rings is 1. The van der Waals surface area contributed by atoms with Crippen LogP contribution < -0.4 is 15.8 Å². The Morgan fingerprint density at radius 1 is 1.18 bits per heavy atom. The monoisotopic (exact) mass is 625 g/mol. The fraction of sp³-hybridized carbons (Fsp3) is 0.387. The Bertz CT molecular complexity index is 1820. The topological polar surface area (TPSA) is 128 Å². The molecule has 4 aromatic rings. The summed E-state index contributed by atoms with van der Waals surface area (Å²) >= 11 is 0. The van der Waals surface area contributed by atoms with Gasteiger partial charge in [-0.15, -0.1) is 0 Å². The largest absolute Gasteiger partial charge is 0.493 e. The van der Waals surface area contributed by atoms with Crippen LogP contribution in [0.2, 0.25) is 0 Å². The van der Waals surface area contributed by atoms with Gasteiger partial charge in [0.2, 0.25) is 5.91 Å². The summed E-state index contributed by atoms with van der Waals surface area (Å²) in [6.45, 7) is 6.55. The molecule has 0 spiro atoms. The van der Waals surface area contributed by atoms with E-state index in [4.69, 9.17) is 15.5 Å². The molecule has 10 nitrogen and oxygen atoms in total. The summed E-state index contributed by atoms with van der Waals surface area (Å²) in [5, 5.41) is 2.23. The van der Waals surface area contributed by atoms with Crippen LogP contribution in [0.15, 0.2) is 42.9 Å². The third-order valence-electron chi connectivity index (χ3n) is 8.58. The molecule has 14 heteroatoms. The number of halogens is 4. The molecule has 5 heterocycles. The predicted octanol–water partition coefficient (Wildman–Crippen LogP) is 5.69. The second-order valence-corrected chi connectivity index (χ2v) is 12.0. The minimum Gasteiger partial charge on any atom is -0.493 e. The molecular weight excluding hydrogens is 594 g/mol. The number of imidazole rings is 1. The van der Waals surface area contributed by atoms with Gasteiger partial charge in [0.25, 0.3) is 5.91 Å². The van der Waals surface area contributed by atoms with Gasteiger partial charge in [0.15, 0.2) is 0 Å². The number of carbonyl (C=O) groups is 2. The lowest BCUT2D eigenvalue weighted by molar-refractivity contribution is -0.137. The van der Waals surface area contributed by atoms with Gasteiger partial charge >= 0.3 is 6.18 Å². The lowest BCUT2D eigenvalue weighted by atomic mass is 9.79. The van der Waals surface area contributed by atoms with Crippen molar-refractivity contribution in [1.29, 1.82) is 0 Å². The molecular formula is C31H31F4N7O3. The number of amides is 2. The molecule has 1 aromatic carbocycles. The summed E-state index contributed by atoms with van der Waals surface area (Å²) in [5.41, 5.74) is 5.62. The molecule has 3 aromatic heterocycles. The van der Waals surface area contributed by atoms with Crippen LogP contribution in [-0.2, 0) is 11.0 Å². The molecule has 3 N–H and O–H groups in total. The Balaban J connectivity index is 1.39. The molecule has 0 radical (unpaired) electrons. The van der Waals surface area contributed by atoms with E-state index in [1.165, 1.54) is 12.3 Å². The number of hydrogen-bond acceptors (Lipinski definition) is 7. The summed E-state index contributed by atoms with van der Waals surface area (Å²) in [6.07, 6.45) is 1.55. The van der Waals surface area contributed by atoms with Crippen molar-refractivity contribution in [1.82, 2.24) is 24.3 Å². The molecule has 236 valence electrons. The van der Waals surface area contributed by atoms with E-state index in [1.807, 2.05) is 4.90 Å². The highest BCUT2D eigenvalue weighted by atomic mass is 19.4. The number of fused-ring (bicyclic) bond motifs is 2. The summed E-state index contributed by atoms with van der Waals surface area (Å²) < 4.78 is 62.7. The maximum absolute atomic E-state index is 15.7. The lowest BCUT2D eigenvalue weighted by Gasteiger charge is -2.39. The number of carbonyl (C=O) groups excluding carboxylic acids is 2. The molecule has 0 saturated carbocycles. The number of rotatable bonds is 6. The van der Waals surface area contributed by atoms with Crippen LogP contribution in [0.4, 0.5) is 29.2 Å². The highest BCUT2D eigenvalue weighted by Crippen LogP contribution is 2.46. The van der Waals surface area contributed by atoms with Gasteiger partial charge < -0.3 is 20.7 Å². The van der Waals surface area contributed by atoms with Crippen LogP contribution in [0.25, 0.3) is 16.8 Å². The van der Waals surface area contributed by atoms with E-state index in [0.29, 0.717) is 30.4 Å². The van der Waals surface area contributed by atoms with Gasteiger partial charge in [0, 0.05) is 49.1 Å². The van der Waals surface area contributed by atoms with Crippen LogP contribution in [-0.4, -0.2) is 55.3 Å². The summed E-state index contributed by atoms with van der Waals surface area (Å²) in [4.78, 5) is 40.7. The van der Waals surface area contributed by atoms with E-state index in [-0.39, 0.29) is 52.7 Å². The Kier molecular flexibility index (Phi) is 7.40. The molecule has 0 aliphatic carbocycles. The van der Waals surface area contributed by atoms with Gasteiger partial charge in [-0.3, -0.25) is 14.0 Å². The summed E-state index contributed by atoms with van der Waals surface area (Å²) in [6, 6.07) is 3.82. The number of piperidine rings is 1. The molecule has 6 rings (SSSR count). The highest BCUT2D eigenvalue weighted by molar-refractivity contribution is 6.05. The first-order chi connectivity index (χ1) is 21.3. The number of ether oxygens (including phenoxy) is 1. The minimum absolute atomic E-state index is 0.104. The van der Waals surface area contributed by atoms with Crippen LogP contribution in [0.5, 0.6) is 5.75 Å². The van der Waals surface area contributed by atoms with Gasteiger partial charge in [0.1, 0.15) is 40.2 Å². The molecule has 2 amide bonds. The van der Waals surface area contributed by atoms with E-state index in [1.54, 1.807) is 17.5 Å². The molecule has 0 unspecified atom stereocenters. The first kappa shape index (κ1) is 30.3. The van der Waals surface area contributed by atoms with Crippen molar-refractivity contribution >= 4 is 29.0 Å². The Morgan fingerprint density at radius 3 is 2.69 bits per heavy atom. The van der Waals surface area contributed by atoms with Crippen molar-refractivity contribution in [3.8, 4) is 17.0 Å². The van der Waals surface area contributed by atoms with Crippen molar-refractivity contribution < 1.29 is 31.9 Å². The van der Waals surface area contributed by atoms with Crippen molar-refractivity contribution in [2.75, 3.05) is 24.2 Å². The number of nitrogen functional groups attached to an aromatic ring is 1. The van der Waals surface area contributed by atoms with E-state index >= 15 is 4.39 Å². The van der Waals surface area contributed by atoms with E-state index < -0.39 is 34.8 Å². The number of nitrogens with two attached hydrogens (primary N) is 1. The third-order valence-corrected chi connectivity index (χ3v) is 8.58. The number of hydrogen-bond donors (Lipinski definition) is 2. The van der Waals surface area contributed by atoms with Gasteiger partial charge in [-0.25, -0.2) is 19.3 Å². The number of anilines is 2. The minimum atomic E-state index is -4.65.